The summed E-state index contributed by atoms with van der Waals surface area (Å²) in [6, 6.07) is 11.7. The first-order valence-corrected chi connectivity index (χ1v) is 23.9. The summed E-state index contributed by atoms with van der Waals surface area (Å²) in [6.45, 7) is 5.83. The lowest BCUT2D eigenvalue weighted by molar-refractivity contribution is -0.274. The third-order valence-electron chi connectivity index (χ3n) is 13.0. The van der Waals surface area contributed by atoms with Crippen molar-refractivity contribution in [3.8, 4) is 11.8 Å². The Bertz CT molecular complexity index is 2350. The second-order valence-electron chi connectivity index (χ2n) is 17.7. The summed E-state index contributed by atoms with van der Waals surface area (Å²) in [5.41, 5.74) is 1.46. The van der Waals surface area contributed by atoms with Crippen molar-refractivity contribution in [2.75, 3.05) is 88.9 Å². The molecule has 2 saturated carbocycles. The number of hydrogen-bond donors (Lipinski definition) is 5. The molecule has 1 aromatic heterocycles. The summed E-state index contributed by atoms with van der Waals surface area (Å²) in [5, 5.41) is 25.0. The number of aldehydes is 1. The van der Waals surface area contributed by atoms with Gasteiger partial charge in [-0.1, -0.05) is 31.5 Å². The van der Waals surface area contributed by atoms with Gasteiger partial charge in [0, 0.05) is 56.8 Å². The second kappa shape index (κ2) is 26.2. The zero-order valence-electron chi connectivity index (χ0n) is 39.9. The fraction of sp³-hybridized carbons (Fsp3) is 0.551. The minimum atomic E-state index is -4.84. The lowest BCUT2D eigenvalue weighted by Gasteiger charge is -2.43. The number of carbonyl (C=O) groups excluding carboxylic acids is 5. The molecule has 6 rings (SSSR count). The number of aromatic nitrogens is 2. The number of rotatable bonds is 30. The first-order chi connectivity index (χ1) is 34.3. The number of anilines is 3. The average Bonchev–Trinajstić information content (AvgIpc) is 3.84. The predicted molar refractivity (Wildman–Crippen MR) is 252 cm³/mol. The van der Waals surface area contributed by atoms with Crippen LogP contribution >= 0.6 is 0 Å². The number of hydrogen-bond acceptors (Lipinski definition) is 16. The van der Waals surface area contributed by atoms with E-state index in [1.54, 1.807) is 18.2 Å². The normalized spacial score (nSPS) is 19.7. The summed E-state index contributed by atoms with van der Waals surface area (Å²) in [4.78, 5) is 71.9. The molecule has 0 radical (unpaired) electrons. The molecule has 384 valence electrons. The lowest BCUT2D eigenvalue weighted by Crippen LogP contribution is -2.50. The van der Waals surface area contributed by atoms with E-state index < -0.39 is 24.2 Å². The van der Waals surface area contributed by atoms with Crippen LogP contribution in [0.3, 0.4) is 0 Å². The zero-order chi connectivity index (χ0) is 50.8. The molecule has 0 saturated heterocycles. The lowest BCUT2D eigenvalue weighted by atomic mass is 9.67. The minimum absolute atomic E-state index is 0.00159. The van der Waals surface area contributed by atoms with Crippen LogP contribution in [0.4, 0.5) is 30.6 Å². The number of nitrogens with zero attached hydrogens (tertiary/aromatic N) is 4. The van der Waals surface area contributed by atoms with E-state index in [9.17, 15) is 42.4 Å². The maximum absolute atomic E-state index is 13.1. The largest absolute Gasteiger partial charge is 0.573 e. The molecule has 2 aromatic carbocycles. The number of imide groups is 1. The van der Waals surface area contributed by atoms with Crippen LogP contribution in [0.1, 0.15) is 90.1 Å². The SMILES string of the molecule is CCC1CC2(CNc3nc(NCc4ccccc4OC(F)(F)F)ncc3C#N)CCC(C2)C1NC(=O)CCOCCOCCOCCOCCNc1ccc2c(c1)C(=O)N(C(C=O)CCC(=O)NC)C2=O. The first-order valence-electron chi connectivity index (χ1n) is 23.9. The molecule has 2 aliphatic carbocycles. The van der Waals surface area contributed by atoms with Crippen molar-refractivity contribution in [2.24, 2.45) is 17.3 Å². The van der Waals surface area contributed by atoms with Crippen LogP contribution in [-0.4, -0.2) is 136 Å². The van der Waals surface area contributed by atoms with Crippen molar-refractivity contribution in [3.63, 3.8) is 0 Å². The van der Waals surface area contributed by atoms with Gasteiger partial charge in [0.05, 0.1) is 76.2 Å². The summed E-state index contributed by atoms with van der Waals surface area (Å²) in [6.07, 6.45) is 1.90. The number of halogens is 3. The molecule has 2 bridgehead atoms. The topological polar surface area (TPSA) is 244 Å². The van der Waals surface area contributed by atoms with E-state index in [-0.39, 0.29) is 95.6 Å². The van der Waals surface area contributed by atoms with Gasteiger partial charge < -0.3 is 55.1 Å². The monoisotopic (exact) mass is 993 g/mol. The van der Waals surface area contributed by atoms with Gasteiger partial charge in [-0.25, -0.2) is 4.98 Å². The molecule has 1 aliphatic heterocycles. The Labute approximate surface area is 410 Å². The standard InChI is InChI=1S/C49H62F3N9O10/c1-3-32-25-48(31-58-44-35(27-53)29-57-47(60-44)56-28-34-6-4-5-7-40(34)71-49(50,51)52)14-12-33(26-48)43(32)59-42(64)13-16-67-18-20-69-22-23-70-21-19-68-17-15-55-36-8-10-38-39(24-36)46(66)61(45(38)65)37(30-62)9-11-41(63)54-2/h4-8,10,24,29-30,32-33,37,43,55H,3,9,11-23,25-26,28,31H2,1-2H3,(H,54,63)(H,59,64)(H2,56,57,58,60). The van der Waals surface area contributed by atoms with Crippen LogP contribution < -0.4 is 31.3 Å². The number of alkyl halides is 3. The molecule has 2 heterocycles. The highest BCUT2D eigenvalue weighted by molar-refractivity contribution is 6.22. The molecule has 71 heavy (non-hydrogen) atoms. The Kier molecular flexibility index (Phi) is 19.9. The van der Waals surface area contributed by atoms with Crippen LogP contribution in [0.25, 0.3) is 0 Å². The van der Waals surface area contributed by atoms with Gasteiger partial charge in [-0.3, -0.25) is 24.1 Å². The van der Waals surface area contributed by atoms with E-state index in [1.165, 1.54) is 37.5 Å². The predicted octanol–water partition coefficient (Wildman–Crippen LogP) is 5.23. The van der Waals surface area contributed by atoms with Gasteiger partial charge in [0.15, 0.2) is 0 Å². The fourth-order valence-corrected chi connectivity index (χ4v) is 9.47. The number of amides is 4. The minimum Gasteiger partial charge on any atom is -0.405 e. The highest BCUT2D eigenvalue weighted by atomic mass is 19.4. The molecule has 0 spiro atoms. The molecule has 4 amide bonds. The maximum atomic E-state index is 13.1. The molecule has 5 atom stereocenters. The van der Waals surface area contributed by atoms with E-state index in [0.29, 0.717) is 83.0 Å². The summed E-state index contributed by atoms with van der Waals surface area (Å²) in [7, 11) is 1.47. The van der Waals surface area contributed by atoms with Crippen molar-refractivity contribution < 1.29 is 60.8 Å². The Morgan fingerprint density at radius 2 is 1.62 bits per heavy atom. The van der Waals surface area contributed by atoms with E-state index >= 15 is 0 Å². The molecule has 3 aromatic rings. The Hall–Kier alpha value is -6.41. The number of carbonyl (C=O) groups is 5. The van der Waals surface area contributed by atoms with E-state index in [1.807, 2.05) is 0 Å². The van der Waals surface area contributed by atoms with Gasteiger partial charge in [-0.05, 0) is 73.6 Å². The van der Waals surface area contributed by atoms with Crippen molar-refractivity contribution in [1.82, 2.24) is 25.5 Å². The smallest absolute Gasteiger partial charge is 0.405 e. The van der Waals surface area contributed by atoms with Gasteiger partial charge in [-0.15, -0.1) is 13.2 Å². The van der Waals surface area contributed by atoms with Gasteiger partial charge in [0.2, 0.25) is 17.8 Å². The molecular formula is C49H62F3N9O10. The number of ether oxygens (including phenoxy) is 5. The third kappa shape index (κ3) is 15.3. The molecule has 22 heteroatoms. The maximum Gasteiger partial charge on any atom is 0.573 e. The van der Waals surface area contributed by atoms with Crippen LogP contribution in [0.15, 0.2) is 48.7 Å². The Morgan fingerprint density at radius 3 is 2.31 bits per heavy atom. The average molecular weight is 994 g/mol. The number of para-hydroxylation sites is 1. The fourth-order valence-electron chi connectivity index (χ4n) is 9.47. The molecule has 2 fully saturated rings. The summed E-state index contributed by atoms with van der Waals surface area (Å²) < 4.78 is 65.3. The highest BCUT2D eigenvalue weighted by Crippen LogP contribution is 2.54. The second-order valence-corrected chi connectivity index (χ2v) is 17.7. The van der Waals surface area contributed by atoms with Crippen molar-refractivity contribution in [2.45, 2.75) is 83.3 Å². The zero-order valence-corrected chi connectivity index (χ0v) is 39.9. The number of fused-ring (bicyclic) bond motifs is 3. The third-order valence-corrected chi connectivity index (χ3v) is 13.0. The molecule has 19 nitrogen and oxygen atoms in total. The Morgan fingerprint density at radius 1 is 0.915 bits per heavy atom. The van der Waals surface area contributed by atoms with E-state index in [0.717, 1.165) is 37.0 Å². The van der Waals surface area contributed by atoms with Crippen molar-refractivity contribution >= 4 is 47.4 Å². The number of benzene rings is 2. The molecule has 5 N–H and O–H groups in total. The van der Waals surface area contributed by atoms with Crippen LogP contribution in [-0.2, 0) is 39.9 Å². The first kappa shape index (κ1) is 53.9. The van der Waals surface area contributed by atoms with Crippen molar-refractivity contribution in [1.29, 1.82) is 5.26 Å². The van der Waals surface area contributed by atoms with Gasteiger partial charge in [0.1, 0.15) is 29.5 Å². The molecular weight excluding hydrogens is 932 g/mol. The Balaban J connectivity index is 0.796. The van der Waals surface area contributed by atoms with E-state index in [2.05, 4.69) is 54.3 Å². The summed E-state index contributed by atoms with van der Waals surface area (Å²) >= 11 is 0. The quantitative estimate of drug-likeness (QED) is 0.0326. The van der Waals surface area contributed by atoms with Crippen LogP contribution in [0.2, 0.25) is 0 Å². The van der Waals surface area contributed by atoms with Gasteiger partial charge in [0.25, 0.3) is 11.8 Å². The summed E-state index contributed by atoms with van der Waals surface area (Å²) in [5.74, 6) is -0.780. The number of nitriles is 1. The number of nitrogens with one attached hydrogen (secondary N) is 5. The van der Waals surface area contributed by atoms with Crippen LogP contribution in [0, 0.1) is 28.6 Å². The van der Waals surface area contributed by atoms with Gasteiger partial charge >= 0.3 is 6.36 Å². The van der Waals surface area contributed by atoms with Crippen molar-refractivity contribution in [3.05, 3.63) is 70.9 Å². The van der Waals surface area contributed by atoms with Crippen LogP contribution in [0.5, 0.6) is 5.75 Å². The molecule has 5 unspecified atom stereocenters. The van der Waals surface area contributed by atoms with E-state index in [4.69, 9.17) is 18.9 Å². The molecule has 3 aliphatic rings. The van der Waals surface area contributed by atoms with Gasteiger partial charge in [-0.2, -0.15) is 10.2 Å². The highest BCUT2D eigenvalue weighted by Gasteiger charge is 2.50.